The minimum Gasteiger partial charge on any atom is -0.508 e. The molecule has 0 aromatic heterocycles. The first-order valence-electron chi connectivity index (χ1n) is 44.6. The molecule has 61 nitrogen and oxygen atoms in total. The Morgan fingerprint density at radius 2 is 0.584 bits per heavy atom. The van der Waals surface area contributed by atoms with E-state index in [1.807, 2.05) is 102 Å². The first-order chi connectivity index (χ1) is 68.3. The Morgan fingerprint density at radius 1 is 0.322 bits per heavy atom. The van der Waals surface area contributed by atoms with Crippen LogP contribution < -0.4 is 126 Å². The summed E-state index contributed by atoms with van der Waals surface area (Å²) in [7, 11) is 0. The van der Waals surface area contributed by atoms with Gasteiger partial charge in [-0.1, -0.05) is 141 Å². The molecule has 1 heterocycles. The second kappa shape index (κ2) is 94.0. The van der Waals surface area contributed by atoms with Crippen LogP contribution in [0.25, 0.3) is 0 Å². The minimum absolute atomic E-state index is 0.0129. The summed E-state index contributed by atoms with van der Waals surface area (Å²) in [6.07, 6.45) is 5.05. The van der Waals surface area contributed by atoms with E-state index in [9.17, 15) is 101 Å². The Labute approximate surface area is 858 Å². The summed E-state index contributed by atoms with van der Waals surface area (Å²) >= 11 is 0. The molecule has 17 atom stereocenters. The topological polar surface area (TPSA) is 1270 Å². The number of aliphatic imine (C=N–C) groups is 1. The van der Waals surface area contributed by atoms with Crippen molar-refractivity contribution in [2.75, 3.05) is 13.1 Å². The van der Waals surface area contributed by atoms with E-state index in [-0.39, 0.29) is 99.7 Å². The predicted octanol–water partition coefficient (Wildman–Crippen LogP) is -7.30. The molecule has 61 heteroatoms. The van der Waals surface area contributed by atoms with Gasteiger partial charge in [-0.25, -0.2) is 0 Å². The Balaban J connectivity index is -0.000000152. The molecule has 5 amide bonds. The number of hydrogen-bond acceptors (Lipinski definition) is 38. The first kappa shape index (κ1) is 157. The zero-order chi connectivity index (χ0) is 119. The molecule has 0 aliphatic carbocycles. The van der Waals surface area contributed by atoms with E-state index in [0.29, 0.717) is 44.6 Å². The highest BCUT2D eigenvalue weighted by Gasteiger charge is 2.24. The smallest absolute Gasteiger partial charge is 0.321 e. The van der Waals surface area contributed by atoms with Gasteiger partial charge in [-0.15, -0.1) is 0 Å². The van der Waals surface area contributed by atoms with E-state index in [0.717, 1.165) is 48.9 Å². The van der Waals surface area contributed by atoms with Crippen molar-refractivity contribution in [2.24, 2.45) is 149 Å². The number of carbonyl (C=O) groups excluding carboxylic acids is 5. The fourth-order valence-corrected chi connectivity index (χ4v) is 8.47. The standard InChI is InChI=1S/C9H11NO3.2C9H11NO2.C6H14N4O2.3C6H13NO2.2C5H10N2O3.C5H9NO4.C5H9NO2.C5H11NO2.3C4H8N2O3/c10-8(9(12)13)5-6-1-3-7(11)4-2-6;2*10-8(9(11)12)6-7-4-2-1-3-5-7;7-4(5(11)12)2-1-3-10-6(8)9;1-4(2)3-5(7)6(8)9;2*1-3-4(2)5(7)6(8)9;3*6-3(5(9)10)1-2-4(7)8;7-5(8)4-2-1-3-6-4;1-3(2)4(6)5(7)8;3*5-2(4(8)9)1-3(6)7/h1-4,8,11H,5,10H2,(H,12,13);2*1-5,8H,6,10H2,(H,11,12);4H,1-3,7H2,(H,11,12)(H4,8,9,10);3*4-5H,3,7H2,1-2H3,(H,8,9);2*3H,1-2,6H2,(H2,7,8)(H,9,10);3H,1-2,6H2,(H,7,8)(H,9,10);4,6H,1-3H2,(H,7,8);3-4H,6H2,1-2H3,(H,7,8);3*2H,1,5H2,(H2,6,7)(H,8,9)/t3*8-;4-;5-;2*4-,5-;3*3-;2*4-;3*2-/m000000000000000/s1. The van der Waals surface area contributed by atoms with E-state index < -0.39 is 210 Å². The lowest BCUT2D eigenvalue weighted by molar-refractivity contribution is -0.141. The summed E-state index contributed by atoms with van der Waals surface area (Å²) in [5.41, 5.74) is 108. The molecule has 4 rings (SSSR count). The molecule has 1 aliphatic heterocycles. The van der Waals surface area contributed by atoms with Crippen molar-refractivity contribution in [3.63, 3.8) is 0 Å². The Kier molecular flexibility index (Phi) is 98.9. The van der Waals surface area contributed by atoms with Crippen molar-refractivity contribution in [2.45, 2.75) is 268 Å². The number of aliphatic carboxylic acids is 16. The SMILES string of the molecule is CC(C)C[C@H](N)C(=O)O.CC(C)[C@H](N)C(=O)O.CC[C@H](C)[C@H](N)C(=O)O.CC[C@H](C)[C@H](N)C(=O)O.NC(=O)CC[C@H](N)C(=O)O.NC(=O)CC[C@H](N)C(=O)O.NC(=O)C[C@H](N)C(=O)O.NC(=O)C[C@H](N)C(=O)O.NC(=O)C[C@H](N)C(=O)O.NC(N)=NCCC[C@H](N)C(=O)O.N[C@@H](CCC(=O)O)C(=O)O.N[C@@H](Cc1ccc(O)cc1)C(=O)O.N[C@@H](Cc1ccccc1)C(=O)O.N[C@@H](Cc1ccccc1)C(=O)O.O=C(O)[C@@H]1CCCN1. The molecule has 0 bridgehead atoms. The number of rotatable bonds is 47. The number of amides is 5. The lowest BCUT2D eigenvalue weighted by Gasteiger charge is -2.11. The molecule has 854 valence electrons. The van der Waals surface area contributed by atoms with Crippen LogP contribution in [0.3, 0.4) is 0 Å². The van der Waals surface area contributed by atoms with Crippen LogP contribution in [0.4, 0.5) is 0 Å². The minimum atomic E-state index is -1.21. The van der Waals surface area contributed by atoms with Gasteiger partial charge >= 0.3 is 95.5 Å². The summed E-state index contributed by atoms with van der Waals surface area (Å²) in [6, 6.07) is 12.1. The van der Waals surface area contributed by atoms with Crippen LogP contribution in [0, 0.1) is 23.7 Å². The predicted molar refractivity (Wildman–Crippen MR) is 538 cm³/mol. The van der Waals surface area contributed by atoms with E-state index >= 15 is 0 Å². The summed E-state index contributed by atoms with van der Waals surface area (Å²) in [4.78, 5) is 215. The number of aromatic hydroxyl groups is 1. The average Bonchev–Trinajstić information content (AvgIpc) is 1.78. The molecule has 0 unspecified atom stereocenters. The van der Waals surface area contributed by atoms with Gasteiger partial charge in [0.1, 0.15) is 96.4 Å². The zero-order valence-corrected chi connectivity index (χ0v) is 84.1. The number of nitrogens with one attached hydrogen (secondary N) is 1. The number of primary amides is 5. The number of carboxylic acid groups (broad SMARTS) is 16. The van der Waals surface area contributed by atoms with E-state index in [1.165, 1.54) is 12.1 Å². The van der Waals surface area contributed by atoms with Crippen LogP contribution in [-0.2, 0) is 120 Å². The second-order valence-corrected chi connectivity index (χ2v) is 32.3. The lowest BCUT2D eigenvalue weighted by Crippen LogP contribution is -2.36. The fraction of sp³-hybridized carbons (Fsp3) is 0.545. The Hall–Kier alpha value is -15.0. The molecule has 0 spiro atoms. The molecule has 1 aliphatic rings. The van der Waals surface area contributed by atoms with Gasteiger partial charge in [0, 0.05) is 25.8 Å². The summed E-state index contributed by atoms with van der Waals surface area (Å²) in [6.45, 7) is 16.2. The van der Waals surface area contributed by atoms with Crippen LogP contribution in [0.5, 0.6) is 5.75 Å². The lowest BCUT2D eigenvalue weighted by atomic mass is 10.0. The largest absolute Gasteiger partial charge is 0.508 e. The van der Waals surface area contributed by atoms with Gasteiger partial charge < -0.3 is 213 Å². The maximum Gasteiger partial charge on any atom is 0.321 e. The monoisotopic (exact) mass is 2150 g/mol. The highest BCUT2D eigenvalue weighted by atomic mass is 16.4. The Morgan fingerprint density at radius 3 is 0.752 bits per heavy atom. The number of carboxylic acids is 16. The average molecular weight is 2150 g/mol. The van der Waals surface area contributed by atoms with Crippen molar-refractivity contribution in [3.8, 4) is 5.75 Å². The molecule has 0 saturated carbocycles. The molecular formula is C88H159N23O38. The highest BCUT2D eigenvalue weighted by molar-refractivity contribution is 5.85. The Bertz CT molecular complexity index is 4160. The summed E-state index contributed by atoms with van der Waals surface area (Å²) in [5.74, 6) is -18.9. The third-order valence-electron chi connectivity index (χ3n) is 18.0. The van der Waals surface area contributed by atoms with Crippen molar-refractivity contribution in [1.29, 1.82) is 0 Å². The number of hydrogen-bond donors (Lipinski definition) is 39. The van der Waals surface area contributed by atoms with Crippen molar-refractivity contribution in [1.82, 2.24) is 5.32 Å². The number of nitrogens with zero attached hydrogens (tertiary/aromatic N) is 1. The normalized spacial score (nSPS) is 14.0. The number of benzene rings is 3. The van der Waals surface area contributed by atoms with Crippen LogP contribution in [0.1, 0.15) is 175 Å². The van der Waals surface area contributed by atoms with E-state index in [4.69, 9.17) is 190 Å². The van der Waals surface area contributed by atoms with Gasteiger partial charge in [0.15, 0.2) is 5.96 Å². The van der Waals surface area contributed by atoms with Gasteiger partial charge in [-0.05, 0) is 130 Å². The van der Waals surface area contributed by atoms with Gasteiger partial charge in [0.25, 0.3) is 0 Å². The van der Waals surface area contributed by atoms with Gasteiger partial charge in [0.05, 0.1) is 19.3 Å². The number of nitrogens with two attached hydrogens (primary N) is 21. The number of phenols is 1. The zero-order valence-electron chi connectivity index (χ0n) is 84.1. The maximum absolute atomic E-state index is 10.4. The maximum atomic E-state index is 10.4. The third kappa shape index (κ3) is 110. The van der Waals surface area contributed by atoms with Crippen LogP contribution in [-0.4, -0.2) is 322 Å². The van der Waals surface area contributed by atoms with Crippen LogP contribution in [0.2, 0.25) is 0 Å². The van der Waals surface area contributed by atoms with E-state index in [2.05, 4.69) is 27.5 Å². The summed E-state index contributed by atoms with van der Waals surface area (Å²) < 4.78 is 0. The first-order valence-corrected chi connectivity index (χ1v) is 44.6. The third-order valence-corrected chi connectivity index (χ3v) is 18.0. The summed E-state index contributed by atoms with van der Waals surface area (Å²) in [5, 5.41) is 144. The highest BCUT2D eigenvalue weighted by Crippen LogP contribution is 2.12. The molecule has 3 aromatic rings. The van der Waals surface area contributed by atoms with Crippen molar-refractivity contribution < 1.29 is 187 Å². The molecule has 0 radical (unpaired) electrons. The number of guanidine groups is 1. The van der Waals surface area contributed by atoms with Crippen molar-refractivity contribution >= 4 is 131 Å². The van der Waals surface area contributed by atoms with E-state index in [1.54, 1.807) is 26.0 Å². The number of carbonyl (C=O) groups is 21. The van der Waals surface area contributed by atoms with Crippen LogP contribution >= 0.6 is 0 Å². The molecule has 60 N–H and O–H groups in total. The molecule has 1 fully saturated rings. The molecule has 1 saturated heterocycles. The van der Waals surface area contributed by atoms with Crippen molar-refractivity contribution in [3.05, 3.63) is 102 Å². The number of phenolic OH excluding ortho intramolecular Hbond substituents is 1. The second-order valence-electron chi connectivity index (χ2n) is 32.3. The quantitative estimate of drug-likeness (QED) is 0.0142. The van der Waals surface area contributed by atoms with Gasteiger partial charge in [-0.3, -0.25) is 106 Å². The molecule has 3 aromatic carbocycles. The molecule has 149 heavy (non-hydrogen) atoms. The van der Waals surface area contributed by atoms with Crippen LogP contribution in [0.15, 0.2) is 89.9 Å². The fourth-order valence-electron chi connectivity index (χ4n) is 8.47. The molecular weight excluding hydrogens is 1990 g/mol. The van der Waals surface area contributed by atoms with Gasteiger partial charge in [0.2, 0.25) is 29.5 Å². The van der Waals surface area contributed by atoms with Gasteiger partial charge in [-0.2, -0.15) is 0 Å².